The minimum Gasteiger partial charge on any atom is -0.394 e. The lowest BCUT2D eigenvalue weighted by Gasteiger charge is -2.05. The molecule has 0 bridgehead atoms. The first-order chi connectivity index (χ1) is 5.27. The first-order valence-corrected chi connectivity index (χ1v) is 4.56. The Hall–Kier alpha value is -0.0800. The monoisotopic (exact) mass is 160 g/mol. The fraction of sp³-hybridized carbons (Fsp3) is 1.00. The van der Waals surface area contributed by atoms with Gasteiger partial charge in [0.1, 0.15) is 0 Å². The summed E-state index contributed by atoms with van der Waals surface area (Å²) in [7, 11) is 0. The molecule has 0 aromatic rings. The van der Waals surface area contributed by atoms with Crippen LogP contribution in [0.5, 0.6) is 0 Å². The summed E-state index contributed by atoms with van der Waals surface area (Å²) in [6.07, 6.45) is 8.44. The summed E-state index contributed by atoms with van der Waals surface area (Å²) in [4.78, 5) is 0. The van der Waals surface area contributed by atoms with Gasteiger partial charge < -0.3 is 10.2 Å². The molecule has 1 fully saturated rings. The maximum atomic E-state index is 8.11. The summed E-state index contributed by atoms with van der Waals surface area (Å²) in [5.74, 6) is 0. The molecule has 0 aromatic heterocycles. The van der Waals surface area contributed by atoms with Crippen molar-refractivity contribution in [2.75, 3.05) is 6.61 Å². The van der Waals surface area contributed by atoms with Gasteiger partial charge in [-0.15, -0.1) is 0 Å². The standard InChI is InChI=1S/C6H12.C3H8O2/c1-2-4-6-5-3-1;1-3(5)2-4/h1-6H2;3-5H,2H2,1H3. The van der Waals surface area contributed by atoms with Crippen LogP contribution in [0.1, 0.15) is 45.4 Å². The Bertz CT molecular complexity index is 56.5. The predicted molar refractivity (Wildman–Crippen MR) is 46.5 cm³/mol. The second-order valence-electron chi connectivity index (χ2n) is 3.15. The smallest absolute Gasteiger partial charge is 0.0742 e. The van der Waals surface area contributed by atoms with Gasteiger partial charge in [-0.3, -0.25) is 0 Å². The lowest BCUT2D eigenvalue weighted by Crippen LogP contribution is -2.03. The Kier molecular flexibility index (Phi) is 7.96. The Morgan fingerprint density at radius 2 is 1.18 bits per heavy atom. The molecule has 1 atom stereocenters. The molecule has 1 aliphatic carbocycles. The maximum absolute atomic E-state index is 8.11. The number of aliphatic hydroxyl groups is 2. The van der Waals surface area contributed by atoms with Crippen LogP contribution >= 0.6 is 0 Å². The molecular formula is C9H20O2. The van der Waals surface area contributed by atoms with Gasteiger partial charge in [-0.25, -0.2) is 0 Å². The molecule has 0 aliphatic heterocycles. The second kappa shape index (κ2) is 8.02. The molecule has 0 spiro atoms. The van der Waals surface area contributed by atoms with E-state index in [1.54, 1.807) is 0 Å². The van der Waals surface area contributed by atoms with E-state index >= 15 is 0 Å². The highest BCUT2D eigenvalue weighted by atomic mass is 16.3. The summed E-state index contributed by atoms with van der Waals surface area (Å²) < 4.78 is 0. The van der Waals surface area contributed by atoms with E-state index in [0.29, 0.717) is 0 Å². The Morgan fingerprint density at radius 1 is 1.00 bits per heavy atom. The fourth-order valence-corrected chi connectivity index (χ4v) is 1.06. The minimum absolute atomic E-state index is 0.139. The van der Waals surface area contributed by atoms with Crippen molar-refractivity contribution in [3.05, 3.63) is 0 Å². The zero-order valence-corrected chi connectivity index (χ0v) is 7.42. The first kappa shape index (κ1) is 10.9. The van der Waals surface area contributed by atoms with Gasteiger partial charge in [-0.2, -0.15) is 0 Å². The van der Waals surface area contributed by atoms with Crippen molar-refractivity contribution >= 4 is 0 Å². The average molecular weight is 160 g/mol. The Labute approximate surface area is 69.2 Å². The lowest BCUT2D eigenvalue weighted by molar-refractivity contribution is 0.110. The van der Waals surface area contributed by atoms with Crippen LogP contribution in [-0.2, 0) is 0 Å². The van der Waals surface area contributed by atoms with Crippen molar-refractivity contribution in [1.82, 2.24) is 0 Å². The third kappa shape index (κ3) is 9.92. The van der Waals surface area contributed by atoms with E-state index < -0.39 is 6.10 Å². The first-order valence-electron chi connectivity index (χ1n) is 4.56. The van der Waals surface area contributed by atoms with Crippen molar-refractivity contribution < 1.29 is 10.2 Å². The molecule has 0 amide bonds. The fourth-order valence-electron chi connectivity index (χ4n) is 1.06. The molecule has 1 saturated carbocycles. The normalized spacial score (nSPS) is 19.9. The Morgan fingerprint density at radius 3 is 1.27 bits per heavy atom. The van der Waals surface area contributed by atoms with Gasteiger partial charge >= 0.3 is 0 Å². The topological polar surface area (TPSA) is 40.5 Å². The largest absolute Gasteiger partial charge is 0.394 e. The van der Waals surface area contributed by atoms with E-state index in [1.165, 1.54) is 45.4 Å². The van der Waals surface area contributed by atoms with Crippen molar-refractivity contribution in [3.63, 3.8) is 0 Å². The minimum atomic E-state index is -0.560. The second-order valence-corrected chi connectivity index (χ2v) is 3.15. The molecule has 11 heavy (non-hydrogen) atoms. The van der Waals surface area contributed by atoms with E-state index in [2.05, 4.69) is 0 Å². The zero-order chi connectivity index (χ0) is 8.53. The molecule has 1 aliphatic rings. The van der Waals surface area contributed by atoms with Crippen LogP contribution in [0.4, 0.5) is 0 Å². The van der Waals surface area contributed by atoms with Crippen LogP contribution in [0, 0.1) is 0 Å². The van der Waals surface area contributed by atoms with Crippen molar-refractivity contribution in [2.45, 2.75) is 51.6 Å². The van der Waals surface area contributed by atoms with Gasteiger partial charge in [-0.05, 0) is 6.92 Å². The van der Waals surface area contributed by atoms with Crippen molar-refractivity contribution in [3.8, 4) is 0 Å². The SMILES string of the molecule is C1CCCCC1.CC(O)CO. The number of hydrogen-bond donors (Lipinski definition) is 2. The van der Waals surface area contributed by atoms with Crippen molar-refractivity contribution in [1.29, 1.82) is 0 Å². The quantitative estimate of drug-likeness (QED) is 0.613. The average Bonchev–Trinajstić information content (AvgIpc) is 2.09. The van der Waals surface area contributed by atoms with Gasteiger partial charge in [0.15, 0.2) is 0 Å². The van der Waals surface area contributed by atoms with E-state index in [9.17, 15) is 0 Å². The number of aliphatic hydroxyl groups excluding tert-OH is 2. The number of hydrogen-bond acceptors (Lipinski definition) is 2. The zero-order valence-electron chi connectivity index (χ0n) is 7.42. The maximum Gasteiger partial charge on any atom is 0.0742 e. The molecule has 0 aromatic carbocycles. The summed E-state index contributed by atoms with van der Waals surface area (Å²) in [5.41, 5.74) is 0. The number of rotatable bonds is 1. The van der Waals surface area contributed by atoms with E-state index in [1.807, 2.05) is 0 Å². The van der Waals surface area contributed by atoms with Crippen LogP contribution in [0.3, 0.4) is 0 Å². The van der Waals surface area contributed by atoms with Crippen LogP contribution in [0.15, 0.2) is 0 Å². The van der Waals surface area contributed by atoms with E-state index in [-0.39, 0.29) is 6.61 Å². The summed E-state index contributed by atoms with van der Waals surface area (Å²) >= 11 is 0. The van der Waals surface area contributed by atoms with Crippen LogP contribution in [0.2, 0.25) is 0 Å². The highest BCUT2D eigenvalue weighted by Crippen LogP contribution is 2.15. The highest BCUT2D eigenvalue weighted by Gasteiger charge is 1.95. The predicted octanol–water partition coefficient (Wildman–Crippen LogP) is 1.70. The van der Waals surface area contributed by atoms with E-state index in [4.69, 9.17) is 10.2 Å². The van der Waals surface area contributed by atoms with Gasteiger partial charge in [0.05, 0.1) is 12.7 Å². The van der Waals surface area contributed by atoms with Gasteiger partial charge in [0, 0.05) is 0 Å². The molecule has 1 unspecified atom stereocenters. The third-order valence-corrected chi connectivity index (χ3v) is 1.76. The van der Waals surface area contributed by atoms with Crippen LogP contribution < -0.4 is 0 Å². The molecule has 0 radical (unpaired) electrons. The molecule has 2 nitrogen and oxygen atoms in total. The lowest BCUT2D eigenvalue weighted by atomic mass is 10.0. The van der Waals surface area contributed by atoms with Crippen molar-refractivity contribution in [2.24, 2.45) is 0 Å². The molecule has 68 valence electrons. The molecular weight excluding hydrogens is 140 g/mol. The summed E-state index contributed by atoms with van der Waals surface area (Å²) in [6.45, 7) is 1.39. The Balaban J connectivity index is 0.000000187. The van der Waals surface area contributed by atoms with E-state index in [0.717, 1.165) is 0 Å². The highest BCUT2D eigenvalue weighted by molar-refractivity contribution is 4.51. The van der Waals surface area contributed by atoms with Gasteiger partial charge in [0.25, 0.3) is 0 Å². The summed E-state index contributed by atoms with van der Waals surface area (Å²) in [6, 6.07) is 0. The molecule has 2 heteroatoms. The summed E-state index contributed by atoms with van der Waals surface area (Å²) in [5, 5.41) is 16.0. The molecule has 0 heterocycles. The molecule has 2 N–H and O–H groups in total. The third-order valence-electron chi connectivity index (χ3n) is 1.76. The van der Waals surface area contributed by atoms with Crippen LogP contribution in [-0.4, -0.2) is 22.9 Å². The van der Waals surface area contributed by atoms with Crippen LogP contribution in [0.25, 0.3) is 0 Å². The van der Waals surface area contributed by atoms with Gasteiger partial charge in [0.2, 0.25) is 0 Å². The molecule has 0 saturated heterocycles. The van der Waals surface area contributed by atoms with Gasteiger partial charge in [-0.1, -0.05) is 38.5 Å². The molecule has 1 rings (SSSR count).